The van der Waals surface area contributed by atoms with Gasteiger partial charge in [0.1, 0.15) is 6.79 Å². The molecular weight excluding hydrogens is 252 g/mol. The van der Waals surface area contributed by atoms with E-state index in [1.165, 1.54) is 44.9 Å². The molecule has 3 heteroatoms. The summed E-state index contributed by atoms with van der Waals surface area (Å²) in [6.07, 6.45) is 11.8. The summed E-state index contributed by atoms with van der Waals surface area (Å²) in [7, 11) is 0. The number of hydrogen-bond donors (Lipinski definition) is 1. The fraction of sp³-hybridized carbons (Fsp3) is 0.882. The molecule has 0 bridgehead atoms. The van der Waals surface area contributed by atoms with Gasteiger partial charge in [0.2, 0.25) is 0 Å². The number of rotatable bonds is 14. The normalized spacial score (nSPS) is 10.3. The maximum atomic E-state index is 8.53. The van der Waals surface area contributed by atoms with E-state index in [9.17, 15) is 0 Å². The van der Waals surface area contributed by atoms with Crippen LogP contribution >= 0.6 is 0 Å². The van der Waals surface area contributed by atoms with Crippen molar-refractivity contribution in [1.82, 2.24) is 0 Å². The van der Waals surface area contributed by atoms with Gasteiger partial charge in [-0.3, -0.25) is 0 Å². The van der Waals surface area contributed by atoms with E-state index in [2.05, 4.69) is 18.8 Å². The molecule has 0 unspecified atom stereocenters. The number of aliphatic hydroxyl groups excluding tert-OH is 1. The predicted molar refractivity (Wildman–Crippen MR) is 83.5 cm³/mol. The Kier molecular flexibility index (Phi) is 17.9. The minimum absolute atomic E-state index is 0.134. The Morgan fingerprint density at radius 2 is 1.35 bits per heavy atom. The first-order chi connectivity index (χ1) is 9.91. The SMILES string of the molecule is CCCCCCCCCCOCOCCC#CCCO. The van der Waals surface area contributed by atoms with Crippen LogP contribution in [0.4, 0.5) is 0 Å². The lowest BCUT2D eigenvalue weighted by Crippen LogP contribution is -2.02. The second kappa shape index (κ2) is 18.4. The molecule has 0 aromatic heterocycles. The molecule has 0 radical (unpaired) electrons. The van der Waals surface area contributed by atoms with Crippen LogP contribution in [0.25, 0.3) is 0 Å². The van der Waals surface area contributed by atoms with Crippen LogP contribution in [-0.4, -0.2) is 31.7 Å². The summed E-state index contributed by atoms with van der Waals surface area (Å²) in [5, 5.41) is 8.53. The zero-order chi connectivity index (χ0) is 14.7. The Morgan fingerprint density at radius 3 is 2.05 bits per heavy atom. The van der Waals surface area contributed by atoms with Gasteiger partial charge < -0.3 is 14.6 Å². The lowest BCUT2D eigenvalue weighted by atomic mass is 10.1. The summed E-state index contributed by atoms with van der Waals surface area (Å²) in [6, 6.07) is 0. The van der Waals surface area contributed by atoms with E-state index in [1.54, 1.807) is 0 Å². The van der Waals surface area contributed by atoms with Gasteiger partial charge >= 0.3 is 0 Å². The molecule has 0 aliphatic heterocycles. The Morgan fingerprint density at radius 1 is 0.750 bits per heavy atom. The van der Waals surface area contributed by atoms with Gasteiger partial charge in [-0.25, -0.2) is 0 Å². The van der Waals surface area contributed by atoms with E-state index in [4.69, 9.17) is 14.6 Å². The molecule has 0 aliphatic rings. The Balaban J connectivity index is 2.98. The highest BCUT2D eigenvalue weighted by Gasteiger charge is 1.92. The molecule has 0 heterocycles. The van der Waals surface area contributed by atoms with Gasteiger partial charge in [0.05, 0.1) is 13.2 Å². The summed E-state index contributed by atoms with van der Waals surface area (Å²) >= 11 is 0. The number of hydrogen-bond acceptors (Lipinski definition) is 3. The van der Waals surface area contributed by atoms with Gasteiger partial charge in [-0.1, -0.05) is 51.9 Å². The monoisotopic (exact) mass is 284 g/mol. The van der Waals surface area contributed by atoms with Crippen LogP contribution in [0.5, 0.6) is 0 Å². The fourth-order valence-corrected chi connectivity index (χ4v) is 1.87. The highest BCUT2D eigenvalue weighted by Crippen LogP contribution is 2.08. The molecule has 0 aromatic rings. The second-order valence-corrected chi connectivity index (χ2v) is 4.99. The van der Waals surface area contributed by atoms with Crippen molar-refractivity contribution >= 4 is 0 Å². The molecule has 0 spiro atoms. The van der Waals surface area contributed by atoms with E-state index in [0.29, 0.717) is 26.2 Å². The predicted octanol–water partition coefficient (Wildman–Crippen LogP) is 3.89. The molecular formula is C17H32O3. The first-order valence-electron chi connectivity index (χ1n) is 8.14. The molecule has 0 saturated carbocycles. The van der Waals surface area contributed by atoms with Crippen molar-refractivity contribution in [1.29, 1.82) is 0 Å². The van der Waals surface area contributed by atoms with Crippen molar-refractivity contribution in [2.45, 2.75) is 71.1 Å². The molecule has 0 atom stereocenters. The van der Waals surface area contributed by atoms with Crippen molar-refractivity contribution in [2.24, 2.45) is 0 Å². The van der Waals surface area contributed by atoms with Crippen LogP contribution in [0.2, 0.25) is 0 Å². The van der Waals surface area contributed by atoms with Crippen LogP contribution in [0.3, 0.4) is 0 Å². The lowest BCUT2D eigenvalue weighted by molar-refractivity contribution is -0.0527. The van der Waals surface area contributed by atoms with Crippen molar-refractivity contribution in [2.75, 3.05) is 26.6 Å². The maximum absolute atomic E-state index is 8.53. The van der Waals surface area contributed by atoms with Crippen molar-refractivity contribution in [3.8, 4) is 11.8 Å². The van der Waals surface area contributed by atoms with Gasteiger partial charge in [0.15, 0.2) is 0 Å². The molecule has 20 heavy (non-hydrogen) atoms. The summed E-state index contributed by atoms with van der Waals surface area (Å²) in [5.74, 6) is 5.79. The minimum atomic E-state index is 0.134. The summed E-state index contributed by atoms with van der Waals surface area (Å²) in [5.41, 5.74) is 0. The maximum Gasteiger partial charge on any atom is 0.146 e. The number of unbranched alkanes of at least 4 members (excludes halogenated alkanes) is 7. The minimum Gasteiger partial charge on any atom is -0.395 e. The van der Waals surface area contributed by atoms with Crippen LogP contribution < -0.4 is 0 Å². The largest absolute Gasteiger partial charge is 0.395 e. The van der Waals surface area contributed by atoms with E-state index >= 15 is 0 Å². The summed E-state index contributed by atoms with van der Waals surface area (Å²) in [4.78, 5) is 0. The topological polar surface area (TPSA) is 38.7 Å². The van der Waals surface area contributed by atoms with E-state index in [-0.39, 0.29) is 6.61 Å². The van der Waals surface area contributed by atoms with E-state index in [1.807, 2.05) is 0 Å². The van der Waals surface area contributed by atoms with Crippen LogP contribution in [-0.2, 0) is 9.47 Å². The number of ether oxygens (including phenoxy) is 2. The molecule has 3 nitrogen and oxygen atoms in total. The lowest BCUT2D eigenvalue weighted by Gasteiger charge is -2.04. The molecule has 0 aromatic carbocycles. The zero-order valence-electron chi connectivity index (χ0n) is 13.2. The summed E-state index contributed by atoms with van der Waals surface area (Å²) in [6.45, 7) is 4.16. The van der Waals surface area contributed by atoms with Crippen LogP contribution in [0.15, 0.2) is 0 Å². The third-order valence-electron chi connectivity index (χ3n) is 3.04. The molecule has 0 aliphatic carbocycles. The average molecular weight is 284 g/mol. The smallest absolute Gasteiger partial charge is 0.146 e. The quantitative estimate of drug-likeness (QED) is 0.299. The molecule has 118 valence electrons. The molecule has 0 fully saturated rings. The number of aliphatic hydroxyl groups is 1. The average Bonchev–Trinajstić information content (AvgIpc) is 2.47. The van der Waals surface area contributed by atoms with E-state index < -0.39 is 0 Å². The van der Waals surface area contributed by atoms with Gasteiger partial charge in [-0.05, 0) is 6.42 Å². The molecule has 0 rings (SSSR count). The standard InChI is InChI=1S/C17H32O3/c1-2-3-4-5-6-7-9-12-15-19-17-20-16-13-10-8-11-14-18/h18H,2-7,9,11-17H2,1H3. The molecule has 1 N–H and O–H groups in total. The van der Waals surface area contributed by atoms with Gasteiger partial charge in [0, 0.05) is 19.4 Å². The third-order valence-corrected chi connectivity index (χ3v) is 3.04. The van der Waals surface area contributed by atoms with Gasteiger partial charge in [-0.2, -0.15) is 0 Å². The molecule has 0 saturated heterocycles. The van der Waals surface area contributed by atoms with Crippen LogP contribution in [0, 0.1) is 11.8 Å². The summed E-state index contributed by atoms with van der Waals surface area (Å²) < 4.78 is 10.7. The van der Waals surface area contributed by atoms with Crippen molar-refractivity contribution in [3.05, 3.63) is 0 Å². The van der Waals surface area contributed by atoms with Gasteiger partial charge in [0.25, 0.3) is 0 Å². The van der Waals surface area contributed by atoms with E-state index in [0.717, 1.165) is 13.0 Å². The Bertz CT molecular complexity index is 230. The first kappa shape index (κ1) is 19.4. The Labute approximate surface area is 125 Å². The Hall–Kier alpha value is -0.560. The fourth-order valence-electron chi connectivity index (χ4n) is 1.87. The van der Waals surface area contributed by atoms with Crippen molar-refractivity contribution < 1.29 is 14.6 Å². The van der Waals surface area contributed by atoms with Gasteiger partial charge in [-0.15, -0.1) is 11.8 Å². The highest BCUT2D eigenvalue weighted by atomic mass is 16.7. The highest BCUT2D eigenvalue weighted by molar-refractivity contribution is 4.98. The zero-order valence-corrected chi connectivity index (χ0v) is 13.2. The molecule has 0 amide bonds. The first-order valence-corrected chi connectivity index (χ1v) is 8.14. The van der Waals surface area contributed by atoms with Crippen LogP contribution in [0.1, 0.15) is 71.1 Å². The van der Waals surface area contributed by atoms with Crippen molar-refractivity contribution in [3.63, 3.8) is 0 Å². The third kappa shape index (κ3) is 17.4. The second-order valence-electron chi connectivity index (χ2n) is 4.99.